The Morgan fingerprint density at radius 1 is 0.290 bits per heavy atom. The van der Waals surface area contributed by atoms with E-state index in [0.717, 1.165) is 0 Å². The van der Waals surface area contributed by atoms with Crippen LogP contribution in [-0.2, 0) is 0 Å². The quantitative estimate of drug-likeness (QED) is 0.0921. The summed E-state index contributed by atoms with van der Waals surface area (Å²) in [5.41, 5.74) is 0. The second-order valence-corrected chi connectivity index (χ2v) is 10.2. The lowest BCUT2D eigenvalue weighted by atomic mass is 10.0. The van der Waals surface area contributed by atoms with Crippen LogP contribution < -0.4 is 17.0 Å². The Labute approximate surface area is 209 Å². The summed E-state index contributed by atoms with van der Waals surface area (Å²) in [6, 6.07) is 0. The van der Waals surface area contributed by atoms with Crippen LogP contribution in [0.25, 0.3) is 0 Å². The van der Waals surface area contributed by atoms with E-state index in [1.807, 2.05) is 0 Å². The summed E-state index contributed by atoms with van der Waals surface area (Å²) >= 11 is 0. The summed E-state index contributed by atoms with van der Waals surface area (Å²) in [4.78, 5) is 0. The van der Waals surface area contributed by atoms with Gasteiger partial charge in [0, 0.05) is 0 Å². The van der Waals surface area contributed by atoms with Gasteiger partial charge < -0.3 is 21.5 Å². The molecule has 0 radical (unpaired) electrons. The molecule has 0 rings (SSSR count). The summed E-state index contributed by atoms with van der Waals surface area (Å²) in [6.07, 6.45) is 30.3. The fourth-order valence-electron chi connectivity index (χ4n) is 5.05. The van der Waals surface area contributed by atoms with Crippen molar-refractivity contribution in [3.63, 3.8) is 0 Å². The van der Waals surface area contributed by atoms with E-state index in [0.29, 0.717) is 0 Å². The van der Waals surface area contributed by atoms with E-state index in [9.17, 15) is 0 Å². The number of quaternary nitrogens is 1. The molecule has 0 saturated carbocycles. The lowest BCUT2D eigenvalue weighted by Crippen LogP contribution is -3.00. The molecule has 0 fully saturated rings. The van der Waals surface area contributed by atoms with Crippen molar-refractivity contribution in [2.45, 2.75) is 163 Å². The first kappa shape index (κ1) is 33.6. The number of halogens is 1. The Morgan fingerprint density at radius 3 is 0.774 bits per heavy atom. The maximum absolute atomic E-state index is 2.36. The third kappa shape index (κ3) is 22.0. The summed E-state index contributed by atoms with van der Waals surface area (Å²) in [5.74, 6) is 0. The average Bonchev–Trinajstić information content (AvgIpc) is 2.75. The van der Waals surface area contributed by atoms with Gasteiger partial charge in [-0.3, -0.25) is 0 Å². The van der Waals surface area contributed by atoms with Gasteiger partial charge in [0.1, 0.15) is 0 Å². The van der Waals surface area contributed by atoms with Crippen LogP contribution in [0.3, 0.4) is 0 Å². The standard InChI is InChI=1S/C29H62N.BrH/c1-5-9-13-14-15-16-17-18-19-20-21-25-29-30(26-22-10-6-2,27-23-11-7-3)28-24-12-8-4;/h5-29H2,1-4H3;1H/q+1;/p-1. The van der Waals surface area contributed by atoms with E-state index in [1.165, 1.54) is 165 Å². The topological polar surface area (TPSA) is 0 Å². The van der Waals surface area contributed by atoms with Crippen molar-refractivity contribution < 1.29 is 21.5 Å². The van der Waals surface area contributed by atoms with Crippen molar-refractivity contribution in [1.29, 1.82) is 0 Å². The molecule has 0 amide bonds. The Morgan fingerprint density at radius 2 is 0.484 bits per heavy atom. The molecule has 0 aromatic heterocycles. The predicted molar refractivity (Wildman–Crippen MR) is 139 cm³/mol. The zero-order valence-corrected chi connectivity index (χ0v) is 24.1. The Kier molecular flexibility index (Phi) is 28.9. The second-order valence-electron chi connectivity index (χ2n) is 10.2. The summed E-state index contributed by atoms with van der Waals surface area (Å²) in [7, 11) is 0. The normalized spacial score (nSPS) is 11.6. The van der Waals surface area contributed by atoms with Crippen molar-refractivity contribution in [1.82, 2.24) is 0 Å². The Bertz CT molecular complexity index is 291. The van der Waals surface area contributed by atoms with Crippen molar-refractivity contribution in [3.8, 4) is 0 Å². The maximum Gasteiger partial charge on any atom is 0.0786 e. The summed E-state index contributed by atoms with van der Waals surface area (Å²) in [6.45, 7) is 15.2. The molecule has 0 aromatic rings. The molecule has 2 heteroatoms. The third-order valence-corrected chi connectivity index (χ3v) is 7.19. The monoisotopic (exact) mass is 503 g/mol. The molecule has 190 valence electrons. The highest BCUT2D eigenvalue weighted by molar-refractivity contribution is 4.53. The SMILES string of the molecule is CCCCCCCCCCCCCC[N+](CCCCC)(CCCCC)CCCCC.[Br-]. The van der Waals surface area contributed by atoms with Gasteiger partial charge in [-0.15, -0.1) is 0 Å². The van der Waals surface area contributed by atoms with E-state index in [-0.39, 0.29) is 17.0 Å². The van der Waals surface area contributed by atoms with Gasteiger partial charge in [-0.05, 0) is 51.4 Å². The number of hydrogen-bond acceptors (Lipinski definition) is 0. The second kappa shape index (κ2) is 26.7. The molecule has 0 bridgehead atoms. The molecule has 0 aromatic carbocycles. The van der Waals surface area contributed by atoms with Gasteiger partial charge in [0.15, 0.2) is 0 Å². The fraction of sp³-hybridized carbons (Fsp3) is 1.00. The smallest absolute Gasteiger partial charge is 0.0786 e. The van der Waals surface area contributed by atoms with E-state index in [2.05, 4.69) is 27.7 Å². The molecule has 0 atom stereocenters. The van der Waals surface area contributed by atoms with Gasteiger partial charge in [-0.25, -0.2) is 0 Å². The van der Waals surface area contributed by atoms with Crippen molar-refractivity contribution in [2.75, 3.05) is 26.2 Å². The average molecular weight is 505 g/mol. The van der Waals surface area contributed by atoms with Crippen LogP contribution in [0, 0.1) is 0 Å². The van der Waals surface area contributed by atoms with Crippen molar-refractivity contribution >= 4 is 0 Å². The minimum atomic E-state index is 0. The highest BCUT2D eigenvalue weighted by Crippen LogP contribution is 2.19. The first-order valence-electron chi connectivity index (χ1n) is 14.6. The summed E-state index contributed by atoms with van der Waals surface area (Å²) < 4.78 is 1.46. The zero-order chi connectivity index (χ0) is 22.2. The third-order valence-electron chi connectivity index (χ3n) is 7.19. The molecule has 0 aliphatic rings. The maximum atomic E-state index is 2.36. The molecule has 0 unspecified atom stereocenters. The lowest BCUT2D eigenvalue weighted by molar-refractivity contribution is -0.929. The molecule has 0 aliphatic carbocycles. The van der Waals surface area contributed by atoms with Crippen LogP contribution in [0.4, 0.5) is 0 Å². The lowest BCUT2D eigenvalue weighted by Gasteiger charge is -2.39. The molecule has 0 heterocycles. The van der Waals surface area contributed by atoms with Crippen LogP contribution in [0.2, 0.25) is 0 Å². The first-order chi connectivity index (χ1) is 14.7. The summed E-state index contributed by atoms with van der Waals surface area (Å²) in [5, 5.41) is 0. The van der Waals surface area contributed by atoms with Gasteiger partial charge in [-0.1, -0.05) is 111 Å². The molecular weight excluding hydrogens is 442 g/mol. The minimum Gasteiger partial charge on any atom is -1.00 e. The zero-order valence-electron chi connectivity index (χ0n) is 22.5. The van der Waals surface area contributed by atoms with Gasteiger partial charge in [0.25, 0.3) is 0 Å². The Hall–Kier alpha value is 0.440. The largest absolute Gasteiger partial charge is 1.00 e. The van der Waals surface area contributed by atoms with Crippen LogP contribution in [0.5, 0.6) is 0 Å². The van der Waals surface area contributed by atoms with Crippen molar-refractivity contribution in [2.24, 2.45) is 0 Å². The molecular formula is C29H62BrN. The van der Waals surface area contributed by atoms with E-state index < -0.39 is 0 Å². The molecule has 0 spiro atoms. The molecule has 1 nitrogen and oxygen atoms in total. The molecule has 0 aliphatic heterocycles. The van der Waals surface area contributed by atoms with E-state index in [1.54, 1.807) is 0 Å². The number of hydrogen-bond donors (Lipinski definition) is 0. The number of unbranched alkanes of at least 4 members (excludes halogenated alkanes) is 17. The van der Waals surface area contributed by atoms with Crippen LogP contribution in [-0.4, -0.2) is 30.7 Å². The Balaban J connectivity index is 0. The van der Waals surface area contributed by atoms with E-state index >= 15 is 0 Å². The van der Waals surface area contributed by atoms with Gasteiger partial charge >= 0.3 is 0 Å². The highest BCUT2D eigenvalue weighted by Gasteiger charge is 2.25. The van der Waals surface area contributed by atoms with Crippen LogP contribution in [0.15, 0.2) is 0 Å². The van der Waals surface area contributed by atoms with Gasteiger partial charge in [0.2, 0.25) is 0 Å². The minimum absolute atomic E-state index is 0. The highest BCUT2D eigenvalue weighted by atomic mass is 79.9. The predicted octanol–water partition coefficient (Wildman–Crippen LogP) is 7.08. The van der Waals surface area contributed by atoms with Crippen LogP contribution in [0.1, 0.15) is 163 Å². The first-order valence-corrected chi connectivity index (χ1v) is 14.6. The van der Waals surface area contributed by atoms with Gasteiger partial charge in [0.05, 0.1) is 26.2 Å². The van der Waals surface area contributed by atoms with Gasteiger partial charge in [-0.2, -0.15) is 0 Å². The fourth-order valence-corrected chi connectivity index (χ4v) is 5.05. The number of rotatable bonds is 25. The van der Waals surface area contributed by atoms with Crippen LogP contribution >= 0.6 is 0 Å². The molecule has 0 saturated heterocycles. The molecule has 31 heavy (non-hydrogen) atoms. The molecule has 0 N–H and O–H groups in total. The van der Waals surface area contributed by atoms with E-state index in [4.69, 9.17) is 0 Å². The number of nitrogens with zero attached hydrogens (tertiary/aromatic N) is 1. The van der Waals surface area contributed by atoms with Crippen molar-refractivity contribution in [3.05, 3.63) is 0 Å².